The van der Waals surface area contributed by atoms with E-state index in [1.54, 1.807) is 54.6 Å². The fourth-order valence-corrected chi connectivity index (χ4v) is 3.32. The van der Waals surface area contributed by atoms with Crippen LogP contribution in [0.5, 0.6) is 11.5 Å². The molecule has 5 nitrogen and oxygen atoms in total. The Morgan fingerprint density at radius 2 is 1.29 bits per heavy atom. The Balaban J connectivity index is 1.72. The van der Waals surface area contributed by atoms with Crippen molar-refractivity contribution in [3.05, 3.63) is 65.7 Å². The van der Waals surface area contributed by atoms with Gasteiger partial charge < -0.3 is 14.2 Å². The maximum Gasteiger partial charge on any atom is 0.338 e. The maximum absolute atomic E-state index is 12.1. The Bertz CT molecular complexity index is 868. The highest BCUT2D eigenvalue weighted by Crippen LogP contribution is 2.18. The van der Waals surface area contributed by atoms with Gasteiger partial charge in [-0.1, -0.05) is 70.9 Å². The number of hydrogen-bond acceptors (Lipinski definition) is 5. The third kappa shape index (κ3) is 11.2. The van der Waals surface area contributed by atoms with E-state index < -0.39 is 5.97 Å². The normalized spacial score (nSPS) is 10.9. The summed E-state index contributed by atoms with van der Waals surface area (Å²) in [7, 11) is 0. The van der Waals surface area contributed by atoms with E-state index in [1.165, 1.54) is 44.6 Å². The number of esters is 2. The van der Waals surface area contributed by atoms with Crippen molar-refractivity contribution in [3.8, 4) is 11.5 Å². The predicted molar refractivity (Wildman–Crippen MR) is 136 cm³/mol. The first-order valence-corrected chi connectivity index (χ1v) is 12.5. The molecule has 34 heavy (non-hydrogen) atoms. The third-order valence-corrected chi connectivity index (χ3v) is 5.35. The number of carbonyl (C=O) groups excluding carboxylic acids is 2. The smallest absolute Gasteiger partial charge is 0.338 e. The van der Waals surface area contributed by atoms with Crippen LogP contribution in [-0.2, 0) is 9.53 Å². The molecule has 0 saturated heterocycles. The SMILES string of the molecule is CCCCCCCOC(=O)c1ccc(C=CC(=O)Oc2ccc(OCCCCCC)cc2)cc1. The monoisotopic (exact) mass is 466 g/mol. The highest BCUT2D eigenvalue weighted by atomic mass is 16.5. The van der Waals surface area contributed by atoms with Gasteiger partial charge in [-0.2, -0.15) is 0 Å². The molecule has 5 heteroatoms. The molecule has 0 aromatic heterocycles. The molecule has 0 spiro atoms. The molecule has 2 aromatic rings. The van der Waals surface area contributed by atoms with Crippen LogP contribution in [0.2, 0.25) is 0 Å². The van der Waals surface area contributed by atoms with Crippen molar-refractivity contribution in [2.45, 2.75) is 71.6 Å². The van der Waals surface area contributed by atoms with Crippen molar-refractivity contribution in [1.29, 1.82) is 0 Å². The van der Waals surface area contributed by atoms with Gasteiger partial charge in [-0.15, -0.1) is 0 Å². The first-order valence-electron chi connectivity index (χ1n) is 12.5. The first kappa shape index (κ1) is 27.2. The van der Waals surface area contributed by atoms with Crippen LogP contribution in [0.25, 0.3) is 6.08 Å². The minimum absolute atomic E-state index is 0.321. The fraction of sp³-hybridized carbons (Fsp3) is 0.448. The van der Waals surface area contributed by atoms with Crippen LogP contribution in [0, 0.1) is 0 Å². The van der Waals surface area contributed by atoms with E-state index in [0.29, 0.717) is 24.5 Å². The summed E-state index contributed by atoms with van der Waals surface area (Å²) in [5.74, 6) is 0.432. The molecule has 0 radical (unpaired) electrons. The summed E-state index contributed by atoms with van der Waals surface area (Å²) < 4.78 is 16.4. The molecule has 0 heterocycles. The van der Waals surface area contributed by atoms with Gasteiger partial charge in [-0.3, -0.25) is 0 Å². The molecular weight excluding hydrogens is 428 g/mol. The summed E-state index contributed by atoms with van der Waals surface area (Å²) in [4.78, 5) is 24.2. The summed E-state index contributed by atoms with van der Waals surface area (Å²) >= 11 is 0. The number of unbranched alkanes of at least 4 members (excludes halogenated alkanes) is 7. The molecule has 184 valence electrons. The van der Waals surface area contributed by atoms with E-state index in [2.05, 4.69) is 13.8 Å². The lowest BCUT2D eigenvalue weighted by Crippen LogP contribution is -2.06. The highest BCUT2D eigenvalue weighted by molar-refractivity contribution is 5.91. The minimum atomic E-state index is -0.472. The molecule has 2 rings (SSSR count). The summed E-state index contributed by atoms with van der Waals surface area (Å²) in [6, 6.07) is 14.0. The number of ether oxygens (including phenoxy) is 3. The van der Waals surface area contributed by atoms with Crippen molar-refractivity contribution in [2.24, 2.45) is 0 Å². The van der Waals surface area contributed by atoms with Crippen molar-refractivity contribution in [2.75, 3.05) is 13.2 Å². The Morgan fingerprint density at radius 3 is 1.97 bits per heavy atom. The molecule has 0 aliphatic heterocycles. The summed E-state index contributed by atoms with van der Waals surface area (Å²) in [6.07, 6.45) is 13.2. The maximum atomic E-state index is 12.1. The average molecular weight is 467 g/mol. The van der Waals surface area contributed by atoms with Crippen molar-refractivity contribution in [1.82, 2.24) is 0 Å². The predicted octanol–water partition coefficient (Wildman–Crippen LogP) is 7.39. The third-order valence-electron chi connectivity index (χ3n) is 5.35. The van der Waals surface area contributed by atoms with E-state index >= 15 is 0 Å². The van der Waals surface area contributed by atoms with Gasteiger partial charge in [0.15, 0.2) is 0 Å². The Kier molecular flexibility index (Phi) is 13.2. The fourth-order valence-electron chi connectivity index (χ4n) is 3.32. The zero-order valence-corrected chi connectivity index (χ0v) is 20.6. The summed E-state index contributed by atoms with van der Waals surface area (Å²) in [5.41, 5.74) is 1.29. The lowest BCUT2D eigenvalue weighted by Gasteiger charge is -2.07. The molecule has 0 bridgehead atoms. The average Bonchev–Trinajstić information content (AvgIpc) is 2.86. The lowest BCUT2D eigenvalue weighted by molar-refractivity contribution is -0.128. The first-order chi connectivity index (χ1) is 16.6. The lowest BCUT2D eigenvalue weighted by atomic mass is 10.1. The van der Waals surface area contributed by atoms with Gasteiger partial charge in [0.05, 0.1) is 18.8 Å². The minimum Gasteiger partial charge on any atom is -0.494 e. The topological polar surface area (TPSA) is 61.8 Å². The van der Waals surface area contributed by atoms with E-state index in [-0.39, 0.29) is 5.97 Å². The van der Waals surface area contributed by atoms with Crippen molar-refractivity contribution < 1.29 is 23.8 Å². The van der Waals surface area contributed by atoms with Crippen LogP contribution in [0.3, 0.4) is 0 Å². The van der Waals surface area contributed by atoms with Gasteiger partial charge in [0.25, 0.3) is 0 Å². The van der Waals surface area contributed by atoms with Crippen molar-refractivity contribution >= 4 is 18.0 Å². The highest BCUT2D eigenvalue weighted by Gasteiger charge is 2.07. The van der Waals surface area contributed by atoms with Crippen LogP contribution in [-0.4, -0.2) is 25.2 Å². The zero-order valence-electron chi connectivity index (χ0n) is 20.6. The molecular formula is C29H38O5. The Hall–Kier alpha value is -3.08. The van der Waals surface area contributed by atoms with Gasteiger partial charge in [0, 0.05) is 6.08 Å². The quantitative estimate of drug-likeness (QED) is 0.112. The molecule has 0 N–H and O–H groups in total. The van der Waals surface area contributed by atoms with Crippen LogP contribution < -0.4 is 9.47 Å². The van der Waals surface area contributed by atoms with Gasteiger partial charge in [0.2, 0.25) is 0 Å². The number of carbonyl (C=O) groups is 2. The van der Waals surface area contributed by atoms with Gasteiger partial charge >= 0.3 is 11.9 Å². The van der Waals surface area contributed by atoms with Crippen molar-refractivity contribution in [3.63, 3.8) is 0 Å². The molecule has 2 aromatic carbocycles. The number of benzene rings is 2. The van der Waals surface area contributed by atoms with Crippen LogP contribution in [0.1, 0.15) is 87.6 Å². The van der Waals surface area contributed by atoms with Gasteiger partial charge in [-0.05, 0) is 60.9 Å². The molecule has 0 unspecified atom stereocenters. The molecule has 0 aliphatic rings. The second kappa shape index (κ2) is 16.5. The second-order valence-electron chi connectivity index (χ2n) is 8.31. The number of rotatable bonds is 16. The molecule has 0 atom stereocenters. The second-order valence-corrected chi connectivity index (χ2v) is 8.31. The molecule has 0 aliphatic carbocycles. The Morgan fingerprint density at radius 1 is 0.706 bits per heavy atom. The van der Waals surface area contributed by atoms with Crippen LogP contribution in [0.4, 0.5) is 0 Å². The van der Waals surface area contributed by atoms with Gasteiger partial charge in [0.1, 0.15) is 11.5 Å². The summed E-state index contributed by atoms with van der Waals surface area (Å²) in [5, 5.41) is 0. The Labute approximate surface area is 204 Å². The zero-order chi connectivity index (χ0) is 24.4. The molecule has 0 amide bonds. The number of hydrogen-bond donors (Lipinski definition) is 0. The standard InChI is InChI=1S/C29H38O5/c1-3-5-7-9-11-23-33-29(31)25-15-12-24(13-16-25)14-21-28(30)34-27-19-17-26(18-20-27)32-22-10-8-6-4-2/h12-21H,3-11,22-23H2,1-2H3. The van der Waals surface area contributed by atoms with E-state index in [0.717, 1.165) is 30.6 Å². The molecule has 0 saturated carbocycles. The van der Waals surface area contributed by atoms with Gasteiger partial charge in [-0.25, -0.2) is 9.59 Å². The van der Waals surface area contributed by atoms with E-state index in [9.17, 15) is 9.59 Å². The van der Waals surface area contributed by atoms with E-state index in [4.69, 9.17) is 14.2 Å². The van der Waals surface area contributed by atoms with Crippen LogP contribution >= 0.6 is 0 Å². The van der Waals surface area contributed by atoms with E-state index in [1.807, 2.05) is 0 Å². The molecule has 0 fully saturated rings. The summed E-state index contributed by atoms with van der Waals surface area (Å²) in [6.45, 7) is 5.49. The van der Waals surface area contributed by atoms with Crippen LogP contribution in [0.15, 0.2) is 54.6 Å². The largest absolute Gasteiger partial charge is 0.494 e.